The third-order valence-corrected chi connectivity index (χ3v) is 21.3. The van der Waals surface area contributed by atoms with Gasteiger partial charge in [0, 0.05) is 78.0 Å². The minimum absolute atomic E-state index is 0.266. The van der Waals surface area contributed by atoms with Crippen molar-refractivity contribution in [1.82, 2.24) is 31.9 Å². The average Bonchev–Trinajstić information content (AvgIpc) is 0.753. The highest BCUT2D eigenvalue weighted by Gasteiger charge is 2.31. The van der Waals surface area contributed by atoms with Gasteiger partial charge in [-0.1, -0.05) is 241 Å². The van der Waals surface area contributed by atoms with Crippen molar-refractivity contribution >= 4 is 88.3 Å². The summed E-state index contributed by atoms with van der Waals surface area (Å²) in [6.07, 6.45) is 1.06. The molecule has 2 aliphatic rings. The highest BCUT2D eigenvalue weighted by Crippen LogP contribution is 2.46. The van der Waals surface area contributed by atoms with Crippen molar-refractivity contribution in [2.24, 2.45) is 0 Å². The average molecular weight is 1420 g/mol. The first kappa shape index (κ1) is 72.7. The molecule has 546 valence electrons. The number of carbonyl (C=O) groups is 4. The van der Waals surface area contributed by atoms with Gasteiger partial charge in [0.05, 0.1) is 0 Å². The van der Waals surface area contributed by atoms with E-state index in [1.54, 1.807) is 0 Å². The second kappa shape index (κ2) is 29.6. The zero-order valence-corrected chi connectivity index (χ0v) is 63.6. The molecule has 0 saturated heterocycles. The molecule has 14 rings (SSSR count). The van der Waals surface area contributed by atoms with Crippen LogP contribution in [-0.4, -0.2) is 89.3 Å². The van der Waals surface area contributed by atoms with Crippen LogP contribution in [0, 0.1) is 0 Å². The Bertz CT molecular complexity index is 4900. The molecular formula is C92H100N6O8. The van der Waals surface area contributed by atoms with E-state index in [1.807, 2.05) is 0 Å². The predicted molar refractivity (Wildman–Crippen MR) is 430 cm³/mol. The van der Waals surface area contributed by atoms with Crippen LogP contribution in [0.5, 0.6) is 23.0 Å². The summed E-state index contributed by atoms with van der Waals surface area (Å²) in [7, 11) is 0. The molecule has 0 unspecified atom stereocenters. The fraction of sp³-hybridized carbons (Fsp3) is 0.348. The van der Waals surface area contributed by atoms with E-state index in [0.717, 1.165) is 99.4 Å². The highest BCUT2D eigenvalue weighted by molar-refractivity contribution is 6.24. The van der Waals surface area contributed by atoms with Gasteiger partial charge in [0.1, 0.15) is 23.0 Å². The third kappa shape index (κ3) is 15.7. The Morgan fingerprint density at radius 2 is 0.651 bits per heavy atom. The molecule has 14 nitrogen and oxygen atoms in total. The van der Waals surface area contributed by atoms with Crippen molar-refractivity contribution in [3.8, 4) is 23.0 Å². The van der Waals surface area contributed by atoms with Gasteiger partial charge >= 0.3 is 0 Å². The van der Waals surface area contributed by atoms with Crippen LogP contribution >= 0.6 is 0 Å². The lowest BCUT2D eigenvalue weighted by Gasteiger charge is -2.29. The first-order valence-electron chi connectivity index (χ1n) is 37.6. The number of amides is 4. The standard InChI is InChI=1S/C92H100N6O8/c1-89(2,3)71-41-63-37-67-45-73(91(7,8)9)47-69(87(67)105-53-79(101)97-49-61-25-23-59-21-19-55-15-13-17-57-27-29-75(61)83(59)81(55)57)39-65-43-72(90(4,5)6)44-66-40-70-48-74(92(10,11)12)46-68(38-64(42-71)85(63)103-51-77(99)95-35-33-93-31-32-94-34-36-96-78(100)52-104-86(65)66)88(70)106-54-80(102)98-50-62-26-24-60-22-20-56-16-14-18-58-28-30-76(62)84(60)82(56)58/h13-30,41-48,93-94H,31-40,49-54H2,1-12H3,(H,95,99)(H,96,100)(H,97,101)(H,98,102). The Morgan fingerprint density at radius 3 is 0.972 bits per heavy atom. The topological polar surface area (TPSA) is 177 Å². The fourth-order valence-electron chi connectivity index (χ4n) is 15.4. The molecule has 106 heavy (non-hydrogen) atoms. The van der Waals surface area contributed by atoms with Crippen LogP contribution < -0.4 is 50.8 Å². The van der Waals surface area contributed by atoms with E-state index in [-0.39, 0.29) is 99.7 Å². The second-order valence-electron chi connectivity index (χ2n) is 33.3. The van der Waals surface area contributed by atoms with Crippen LogP contribution in [-0.2, 0) is 79.6 Å². The second-order valence-corrected chi connectivity index (χ2v) is 33.3. The van der Waals surface area contributed by atoms with Gasteiger partial charge in [-0.05, 0) is 164 Å². The number of carbonyl (C=O) groups excluding carboxylic acids is 4. The largest absolute Gasteiger partial charge is 0.483 e. The molecular weight excluding hydrogens is 1320 g/mol. The molecule has 0 saturated carbocycles. The van der Waals surface area contributed by atoms with Crippen LogP contribution in [0.1, 0.15) is 161 Å². The molecule has 12 aromatic carbocycles. The summed E-state index contributed by atoms with van der Waals surface area (Å²) in [6.45, 7) is 28.9. The zero-order chi connectivity index (χ0) is 74.4. The van der Waals surface area contributed by atoms with Gasteiger partial charge in [-0.15, -0.1) is 0 Å². The number of nitrogens with one attached hydrogen (secondary N) is 6. The summed E-state index contributed by atoms with van der Waals surface area (Å²) >= 11 is 0. The monoisotopic (exact) mass is 1420 g/mol. The number of hydrogen-bond donors (Lipinski definition) is 6. The minimum atomic E-state index is -0.391. The highest BCUT2D eigenvalue weighted by atomic mass is 16.5. The predicted octanol–water partition coefficient (Wildman–Crippen LogP) is 15.9. The van der Waals surface area contributed by atoms with Crippen molar-refractivity contribution < 1.29 is 38.1 Å². The SMILES string of the molecule is CC(C)(C)c1cc2c3c(c1)Cc1cc(C(C)(C)C)cc(c1OCC(=O)NCc1ccc4ccc5cccc6ccc1c4c56)Cc1cc(C(C)(C)C)cc(c1OCC(=O)NCCNCCNCCNC(=O)CO3)Cc1cc(C(C)(C)C)cc(c1OCC(=O)NCc1ccc3ccc4cccc5ccc1c3c45)C2. The molecule has 4 amide bonds. The molecule has 0 radical (unpaired) electrons. The van der Waals surface area contributed by atoms with E-state index in [1.165, 1.54) is 43.1 Å². The summed E-state index contributed by atoms with van der Waals surface area (Å²) in [6, 6.07) is 56.2. The van der Waals surface area contributed by atoms with E-state index >= 15 is 0 Å². The third-order valence-electron chi connectivity index (χ3n) is 21.3. The Balaban J connectivity index is 0.926. The lowest BCUT2D eigenvalue weighted by molar-refractivity contribution is -0.124. The maximum Gasteiger partial charge on any atom is 0.258 e. The molecule has 6 N–H and O–H groups in total. The van der Waals surface area contributed by atoms with Crippen LogP contribution in [0.25, 0.3) is 64.6 Å². The molecule has 1 aliphatic carbocycles. The molecule has 0 aromatic heterocycles. The fourth-order valence-corrected chi connectivity index (χ4v) is 15.4. The van der Waals surface area contributed by atoms with Crippen molar-refractivity contribution in [2.45, 2.75) is 144 Å². The summed E-state index contributed by atoms with van der Waals surface area (Å²) in [5.41, 5.74) is 11.1. The Labute approximate surface area is 622 Å². The van der Waals surface area contributed by atoms with Crippen molar-refractivity contribution in [3.05, 3.63) is 236 Å². The molecule has 1 aliphatic heterocycles. The van der Waals surface area contributed by atoms with E-state index in [9.17, 15) is 19.2 Å². The molecule has 10 bridgehead atoms. The van der Waals surface area contributed by atoms with Crippen molar-refractivity contribution in [1.29, 1.82) is 0 Å². The van der Waals surface area contributed by atoms with Gasteiger partial charge in [-0.25, -0.2) is 0 Å². The molecule has 0 atom stereocenters. The normalized spacial score (nSPS) is 14.8. The quantitative estimate of drug-likeness (QED) is 0.0723. The maximum absolute atomic E-state index is 14.8. The lowest BCUT2D eigenvalue weighted by atomic mass is 9.79. The Kier molecular flexibility index (Phi) is 20.3. The van der Waals surface area contributed by atoms with E-state index in [4.69, 9.17) is 18.9 Å². The molecule has 1 heterocycles. The Hall–Kier alpha value is -10.3. The van der Waals surface area contributed by atoms with Gasteiger partial charge in [-0.2, -0.15) is 0 Å². The number of hydrogen-bond acceptors (Lipinski definition) is 10. The van der Waals surface area contributed by atoms with Crippen LogP contribution in [0.15, 0.2) is 158 Å². The molecule has 14 heteroatoms. The maximum atomic E-state index is 14.8. The number of rotatable bonds is 10. The van der Waals surface area contributed by atoms with Gasteiger partial charge in [-0.3, -0.25) is 19.2 Å². The summed E-state index contributed by atoms with van der Waals surface area (Å²) in [5.74, 6) is 1.01. The Morgan fingerprint density at radius 1 is 0.368 bits per heavy atom. The summed E-state index contributed by atoms with van der Waals surface area (Å²) in [4.78, 5) is 58.2. The van der Waals surface area contributed by atoms with Gasteiger partial charge in [0.25, 0.3) is 23.6 Å². The van der Waals surface area contributed by atoms with E-state index in [0.29, 0.717) is 62.3 Å². The lowest BCUT2D eigenvalue weighted by Crippen LogP contribution is -2.39. The van der Waals surface area contributed by atoms with Crippen LogP contribution in [0.3, 0.4) is 0 Å². The van der Waals surface area contributed by atoms with Crippen LogP contribution in [0.4, 0.5) is 0 Å². The van der Waals surface area contributed by atoms with E-state index < -0.39 is 10.8 Å². The van der Waals surface area contributed by atoms with Gasteiger partial charge < -0.3 is 50.8 Å². The number of fused-ring (bicyclic) bond motifs is 2. The van der Waals surface area contributed by atoms with E-state index in [2.05, 4.69) is 273 Å². The van der Waals surface area contributed by atoms with Gasteiger partial charge in [0.2, 0.25) is 0 Å². The summed E-state index contributed by atoms with van der Waals surface area (Å²) in [5, 5.41) is 33.5. The molecule has 12 aromatic rings. The summed E-state index contributed by atoms with van der Waals surface area (Å²) < 4.78 is 28.6. The first-order valence-corrected chi connectivity index (χ1v) is 37.6. The molecule has 0 spiro atoms. The number of ether oxygens (including phenoxy) is 4. The van der Waals surface area contributed by atoms with Crippen molar-refractivity contribution in [3.63, 3.8) is 0 Å². The smallest absolute Gasteiger partial charge is 0.258 e. The van der Waals surface area contributed by atoms with Crippen LogP contribution in [0.2, 0.25) is 0 Å². The minimum Gasteiger partial charge on any atom is -0.483 e. The first-order chi connectivity index (χ1) is 50.7. The molecule has 0 fully saturated rings. The van der Waals surface area contributed by atoms with Gasteiger partial charge in [0.15, 0.2) is 26.4 Å². The number of benzene rings is 12. The van der Waals surface area contributed by atoms with Crippen molar-refractivity contribution in [2.75, 3.05) is 65.7 Å². The zero-order valence-electron chi connectivity index (χ0n) is 63.6.